The first-order chi connectivity index (χ1) is 12.2. The van der Waals surface area contributed by atoms with Crippen LogP contribution in [0.2, 0.25) is 0 Å². The Hall–Kier alpha value is -1.31. The first-order valence-corrected chi connectivity index (χ1v) is 9.71. The van der Waals surface area contributed by atoms with E-state index < -0.39 is 0 Å². The molecule has 0 saturated carbocycles. The van der Waals surface area contributed by atoms with Gasteiger partial charge < -0.3 is 19.1 Å². The number of hydrogen-bond acceptors (Lipinski definition) is 5. The van der Waals surface area contributed by atoms with E-state index in [0.717, 1.165) is 61.5 Å². The summed E-state index contributed by atoms with van der Waals surface area (Å²) in [6.07, 6.45) is 1.65. The van der Waals surface area contributed by atoms with Crippen LogP contribution in [0.1, 0.15) is 18.4 Å². The van der Waals surface area contributed by atoms with Crippen LogP contribution in [0.15, 0.2) is 16.6 Å². The quantitative estimate of drug-likeness (QED) is 0.762. The Morgan fingerprint density at radius 3 is 2.48 bits per heavy atom. The van der Waals surface area contributed by atoms with Gasteiger partial charge in [0, 0.05) is 43.8 Å². The molecule has 1 atom stereocenters. The molecule has 4 rings (SSSR count). The summed E-state index contributed by atoms with van der Waals surface area (Å²) >= 11 is 3.64. The molecule has 1 aromatic carbocycles. The van der Waals surface area contributed by atoms with E-state index in [1.54, 1.807) is 0 Å². The molecule has 1 aromatic rings. The zero-order valence-electron chi connectivity index (χ0n) is 14.2. The Bertz CT molecular complexity index is 640. The Labute approximate surface area is 156 Å². The number of nitrogens with zero attached hydrogens (tertiary/aromatic N) is 2. The average Bonchev–Trinajstić information content (AvgIpc) is 3.17. The smallest absolute Gasteiger partial charge is 0.251 e. The van der Waals surface area contributed by atoms with Crippen molar-refractivity contribution in [3.63, 3.8) is 0 Å². The molecule has 0 spiro atoms. The number of fused-ring (bicyclic) bond motifs is 1. The third kappa shape index (κ3) is 3.78. The number of benzene rings is 1. The minimum Gasteiger partial charge on any atom is -0.486 e. The molecule has 0 bridgehead atoms. The molecule has 0 radical (unpaired) electrons. The van der Waals surface area contributed by atoms with E-state index in [1.807, 2.05) is 11.0 Å². The average molecular weight is 411 g/mol. The van der Waals surface area contributed by atoms with Crippen LogP contribution in [0.3, 0.4) is 0 Å². The molecule has 25 heavy (non-hydrogen) atoms. The summed E-state index contributed by atoms with van der Waals surface area (Å²) < 4.78 is 17.9. The van der Waals surface area contributed by atoms with E-state index in [4.69, 9.17) is 14.2 Å². The number of rotatable bonds is 3. The SMILES string of the molecule is O=C(C1CCCO1)N1CCN(Cc2cc3c(cc2Br)OCCO3)CC1. The van der Waals surface area contributed by atoms with Crippen LogP contribution in [0, 0.1) is 0 Å². The number of ether oxygens (including phenoxy) is 3. The standard InChI is InChI=1S/C18H23BrN2O4/c19-14-11-17-16(24-8-9-25-17)10-13(14)12-20-3-5-21(6-4-20)18(22)15-2-1-7-23-15/h10-11,15H,1-9,12H2. The molecule has 1 amide bonds. The van der Waals surface area contributed by atoms with Gasteiger partial charge in [0.1, 0.15) is 19.3 Å². The molecule has 6 nitrogen and oxygen atoms in total. The van der Waals surface area contributed by atoms with Gasteiger partial charge in [0.05, 0.1) is 0 Å². The highest BCUT2D eigenvalue weighted by Gasteiger charge is 2.30. The Morgan fingerprint density at radius 2 is 1.80 bits per heavy atom. The van der Waals surface area contributed by atoms with Gasteiger partial charge in [-0.05, 0) is 30.5 Å². The van der Waals surface area contributed by atoms with Crippen molar-refractivity contribution < 1.29 is 19.0 Å². The summed E-state index contributed by atoms with van der Waals surface area (Å²) in [5.41, 5.74) is 1.18. The van der Waals surface area contributed by atoms with Gasteiger partial charge in [-0.15, -0.1) is 0 Å². The topological polar surface area (TPSA) is 51.2 Å². The summed E-state index contributed by atoms with van der Waals surface area (Å²) in [5.74, 6) is 1.78. The zero-order valence-corrected chi connectivity index (χ0v) is 15.8. The number of hydrogen-bond donors (Lipinski definition) is 0. The molecule has 0 aromatic heterocycles. The van der Waals surface area contributed by atoms with Crippen LogP contribution in [0.25, 0.3) is 0 Å². The second kappa shape index (κ2) is 7.51. The van der Waals surface area contributed by atoms with E-state index in [-0.39, 0.29) is 12.0 Å². The normalized spacial score (nSPS) is 23.7. The highest BCUT2D eigenvalue weighted by Crippen LogP contribution is 2.36. The van der Waals surface area contributed by atoms with Crippen molar-refractivity contribution in [1.29, 1.82) is 0 Å². The van der Waals surface area contributed by atoms with Crippen LogP contribution in [-0.4, -0.2) is 67.8 Å². The fourth-order valence-electron chi connectivity index (χ4n) is 3.57. The maximum Gasteiger partial charge on any atom is 0.251 e. The van der Waals surface area contributed by atoms with Crippen LogP contribution >= 0.6 is 15.9 Å². The molecule has 3 aliphatic heterocycles. The number of halogens is 1. The van der Waals surface area contributed by atoms with E-state index in [2.05, 4.69) is 26.9 Å². The van der Waals surface area contributed by atoms with Gasteiger partial charge >= 0.3 is 0 Å². The third-order valence-electron chi connectivity index (χ3n) is 4.99. The highest BCUT2D eigenvalue weighted by molar-refractivity contribution is 9.10. The van der Waals surface area contributed by atoms with E-state index >= 15 is 0 Å². The lowest BCUT2D eigenvalue weighted by atomic mass is 10.1. The van der Waals surface area contributed by atoms with Crippen LogP contribution in [0.5, 0.6) is 11.5 Å². The summed E-state index contributed by atoms with van der Waals surface area (Å²) in [6.45, 7) is 6.02. The third-order valence-corrected chi connectivity index (χ3v) is 5.73. The second-order valence-corrected chi connectivity index (χ2v) is 7.54. The summed E-state index contributed by atoms with van der Waals surface area (Å²) in [6, 6.07) is 4.05. The fraction of sp³-hybridized carbons (Fsp3) is 0.611. The van der Waals surface area contributed by atoms with Gasteiger partial charge in [-0.3, -0.25) is 9.69 Å². The lowest BCUT2D eigenvalue weighted by Crippen LogP contribution is -2.51. The van der Waals surface area contributed by atoms with Crippen LogP contribution in [0.4, 0.5) is 0 Å². The van der Waals surface area contributed by atoms with Gasteiger partial charge in [0.2, 0.25) is 0 Å². The van der Waals surface area contributed by atoms with Gasteiger partial charge in [0.25, 0.3) is 5.91 Å². The molecule has 1 unspecified atom stereocenters. The van der Waals surface area contributed by atoms with Crippen LogP contribution in [-0.2, 0) is 16.1 Å². The minimum absolute atomic E-state index is 0.165. The van der Waals surface area contributed by atoms with Gasteiger partial charge in [-0.25, -0.2) is 0 Å². The number of carbonyl (C=O) groups excluding carboxylic acids is 1. The Morgan fingerprint density at radius 1 is 1.08 bits per heavy atom. The first kappa shape index (κ1) is 17.1. The lowest BCUT2D eigenvalue weighted by molar-refractivity contribution is -0.142. The van der Waals surface area contributed by atoms with Crippen molar-refractivity contribution in [1.82, 2.24) is 9.80 Å². The monoisotopic (exact) mass is 410 g/mol. The second-order valence-electron chi connectivity index (χ2n) is 6.69. The lowest BCUT2D eigenvalue weighted by Gasteiger charge is -2.36. The molecule has 7 heteroatoms. The summed E-state index contributed by atoms with van der Waals surface area (Å²) in [4.78, 5) is 16.7. The first-order valence-electron chi connectivity index (χ1n) is 8.91. The molecule has 3 aliphatic rings. The number of carbonyl (C=O) groups is 1. The van der Waals surface area contributed by atoms with Crippen molar-refractivity contribution >= 4 is 21.8 Å². The van der Waals surface area contributed by atoms with Crippen molar-refractivity contribution in [3.05, 3.63) is 22.2 Å². The van der Waals surface area contributed by atoms with Crippen molar-refractivity contribution in [2.75, 3.05) is 46.0 Å². The van der Waals surface area contributed by atoms with Gasteiger partial charge in [0.15, 0.2) is 11.5 Å². The molecule has 136 valence electrons. The van der Waals surface area contributed by atoms with E-state index in [1.165, 1.54) is 5.56 Å². The molecule has 2 fully saturated rings. The maximum atomic E-state index is 12.4. The van der Waals surface area contributed by atoms with Crippen LogP contribution < -0.4 is 9.47 Å². The Kier molecular flexibility index (Phi) is 5.15. The number of amides is 1. The molecule has 3 heterocycles. The zero-order chi connectivity index (χ0) is 17.2. The van der Waals surface area contributed by atoms with Crippen molar-refractivity contribution in [2.45, 2.75) is 25.5 Å². The fourth-order valence-corrected chi connectivity index (χ4v) is 4.02. The van der Waals surface area contributed by atoms with Gasteiger partial charge in [-0.2, -0.15) is 0 Å². The molecule has 0 N–H and O–H groups in total. The summed E-state index contributed by atoms with van der Waals surface area (Å²) in [5, 5.41) is 0. The van der Waals surface area contributed by atoms with E-state index in [9.17, 15) is 4.79 Å². The maximum absolute atomic E-state index is 12.4. The van der Waals surface area contributed by atoms with E-state index in [0.29, 0.717) is 19.8 Å². The molecular weight excluding hydrogens is 388 g/mol. The predicted octanol–water partition coefficient (Wildman–Crippen LogP) is 2.04. The molecule has 2 saturated heterocycles. The van der Waals surface area contributed by atoms with Crippen molar-refractivity contribution in [2.24, 2.45) is 0 Å². The summed E-state index contributed by atoms with van der Waals surface area (Å²) in [7, 11) is 0. The Balaban J connectivity index is 1.35. The minimum atomic E-state index is -0.210. The van der Waals surface area contributed by atoms with Crippen molar-refractivity contribution in [3.8, 4) is 11.5 Å². The van der Waals surface area contributed by atoms with Gasteiger partial charge in [-0.1, -0.05) is 15.9 Å². The molecule has 0 aliphatic carbocycles. The predicted molar refractivity (Wildman–Crippen MR) is 96.0 cm³/mol. The molecular formula is C18H23BrN2O4. The number of piperazine rings is 1. The largest absolute Gasteiger partial charge is 0.486 e. The highest BCUT2D eigenvalue weighted by atomic mass is 79.9.